The van der Waals surface area contributed by atoms with Crippen LogP contribution in [0.3, 0.4) is 0 Å². The number of benzene rings is 1. The summed E-state index contributed by atoms with van der Waals surface area (Å²) in [6.45, 7) is 10.4. The maximum atomic E-state index is 4.04. The predicted octanol–water partition coefficient (Wildman–Crippen LogP) is 3.44. The Morgan fingerprint density at radius 2 is 1.88 bits per heavy atom. The molecule has 0 atom stereocenters. The second-order valence-electron chi connectivity index (χ2n) is 4.58. The zero-order chi connectivity index (χ0) is 12.0. The molecule has 0 unspecified atom stereocenters. The first-order valence-corrected chi connectivity index (χ1v) is 6.02. The van der Waals surface area contributed by atoms with E-state index < -0.39 is 0 Å². The lowest BCUT2D eigenvalue weighted by Crippen LogP contribution is -2.23. The lowest BCUT2D eigenvalue weighted by Gasteiger charge is -2.17. The lowest BCUT2D eigenvalue weighted by molar-refractivity contribution is 0.364. The molecule has 1 aromatic rings. The minimum atomic E-state index is 1.02. The fraction of sp³-hybridized carbons (Fsp3) is 0.467. The highest BCUT2D eigenvalue weighted by molar-refractivity contribution is 5.21. The van der Waals surface area contributed by atoms with Crippen molar-refractivity contribution in [2.24, 2.45) is 0 Å². The van der Waals surface area contributed by atoms with Gasteiger partial charge in [0.25, 0.3) is 0 Å². The highest BCUT2D eigenvalue weighted by Gasteiger charge is 2.00. The Hall–Kier alpha value is -1.08. The van der Waals surface area contributed by atoms with Crippen molar-refractivity contribution in [2.75, 3.05) is 20.1 Å². The summed E-state index contributed by atoms with van der Waals surface area (Å²) in [5.41, 5.74) is 4.06. The minimum absolute atomic E-state index is 1.02. The third-order valence-electron chi connectivity index (χ3n) is 2.90. The largest absolute Gasteiger partial charge is 0.302 e. The standard InChI is InChI=1S/C15H23N/c1-5-13(2)12-16(4)11-10-15-8-6-14(3)7-9-15/h6-9H,2,5,10-12H2,1,3-4H3. The van der Waals surface area contributed by atoms with E-state index >= 15 is 0 Å². The molecule has 0 spiro atoms. The zero-order valence-electron chi connectivity index (χ0n) is 10.8. The second kappa shape index (κ2) is 6.49. The monoisotopic (exact) mass is 217 g/mol. The van der Waals surface area contributed by atoms with Crippen LogP contribution in [0.25, 0.3) is 0 Å². The van der Waals surface area contributed by atoms with Gasteiger partial charge in [0.15, 0.2) is 0 Å². The summed E-state index contributed by atoms with van der Waals surface area (Å²) in [4.78, 5) is 2.34. The van der Waals surface area contributed by atoms with Gasteiger partial charge in [-0.3, -0.25) is 0 Å². The van der Waals surface area contributed by atoms with Crippen LogP contribution in [-0.2, 0) is 6.42 Å². The Labute approximate surface area is 99.8 Å². The molecule has 0 aliphatic heterocycles. The van der Waals surface area contributed by atoms with Crippen molar-refractivity contribution >= 4 is 0 Å². The summed E-state index contributed by atoms with van der Waals surface area (Å²) in [5.74, 6) is 0. The molecule has 0 N–H and O–H groups in total. The van der Waals surface area contributed by atoms with E-state index in [2.05, 4.69) is 56.6 Å². The third kappa shape index (κ3) is 4.63. The van der Waals surface area contributed by atoms with Crippen molar-refractivity contribution in [1.29, 1.82) is 0 Å². The molecule has 0 saturated heterocycles. The summed E-state index contributed by atoms with van der Waals surface area (Å²) in [6.07, 6.45) is 2.20. The van der Waals surface area contributed by atoms with Crippen LogP contribution in [0.15, 0.2) is 36.4 Å². The maximum absolute atomic E-state index is 4.04. The van der Waals surface area contributed by atoms with Gasteiger partial charge in [-0.25, -0.2) is 0 Å². The average molecular weight is 217 g/mol. The van der Waals surface area contributed by atoms with Crippen LogP contribution in [0.2, 0.25) is 0 Å². The third-order valence-corrected chi connectivity index (χ3v) is 2.90. The number of nitrogens with zero attached hydrogens (tertiary/aromatic N) is 1. The Bertz CT molecular complexity index is 324. The molecule has 0 aromatic heterocycles. The molecule has 1 aromatic carbocycles. The van der Waals surface area contributed by atoms with Gasteiger partial charge in [-0.2, -0.15) is 0 Å². The molecule has 1 rings (SSSR count). The van der Waals surface area contributed by atoms with E-state index in [0.717, 1.165) is 25.9 Å². The van der Waals surface area contributed by atoms with Crippen LogP contribution >= 0.6 is 0 Å². The van der Waals surface area contributed by atoms with Crippen LogP contribution in [0, 0.1) is 6.92 Å². The van der Waals surface area contributed by atoms with E-state index in [4.69, 9.17) is 0 Å². The summed E-state index contributed by atoms with van der Waals surface area (Å²) in [5, 5.41) is 0. The van der Waals surface area contributed by atoms with E-state index in [0.29, 0.717) is 0 Å². The van der Waals surface area contributed by atoms with Gasteiger partial charge in [0.2, 0.25) is 0 Å². The average Bonchev–Trinajstić information content (AvgIpc) is 2.28. The van der Waals surface area contributed by atoms with Gasteiger partial charge in [0.1, 0.15) is 0 Å². The summed E-state index contributed by atoms with van der Waals surface area (Å²) in [6, 6.07) is 8.80. The van der Waals surface area contributed by atoms with E-state index in [-0.39, 0.29) is 0 Å². The highest BCUT2D eigenvalue weighted by atomic mass is 15.1. The molecule has 16 heavy (non-hydrogen) atoms. The molecule has 0 aliphatic carbocycles. The van der Waals surface area contributed by atoms with E-state index in [1.807, 2.05) is 0 Å². The predicted molar refractivity (Wildman–Crippen MR) is 71.8 cm³/mol. The fourth-order valence-corrected chi connectivity index (χ4v) is 1.65. The lowest BCUT2D eigenvalue weighted by atomic mass is 10.1. The van der Waals surface area contributed by atoms with E-state index in [9.17, 15) is 0 Å². The van der Waals surface area contributed by atoms with Crippen molar-refractivity contribution in [3.05, 3.63) is 47.5 Å². The molecule has 0 amide bonds. The van der Waals surface area contributed by atoms with Crippen molar-refractivity contribution in [1.82, 2.24) is 4.90 Å². The molecule has 0 heterocycles. The Morgan fingerprint density at radius 1 is 1.25 bits per heavy atom. The zero-order valence-corrected chi connectivity index (χ0v) is 10.8. The number of hydrogen-bond donors (Lipinski definition) is 0. The summed E-state index contributed by atoms with van der Waals surface area (Å²) < 4.78 is 0. The van der Waals surface area contributed by atoms with Crippen LogP contribution in [0.4, 0.5) is 0 Å². The quantitative estimate of drug-likeness (QED) is 0.660. The summed E-state index contributed by atoms with van der Waals surface area (Å²) >= 11 is 0. The molecule has 0 bridgehead atoms. The van der Waals surface area contributed by atoms with E-state index in [1.54, 1.807) is 0 Å². The van der Waals surface area contributed by atoms with Gasteiger partial charge in [0.05, 0.1) is 0 Å². The molecule has 1 nitrogen and oxygen atoms in total. The molecular formula is C15H23N. The number of hydrogen-bond acceptors (Lipinski definition) is 1. The SMILES string of the molecule is C=C(CC)CN(C)CCc1ccc(C)cc1. The van der Waals surface area contributed by atoms with Crippen LogP contribution < -0.4 is 0 Å². The molecule has 0 aliphatic rings. The first-order chi connectivity index (χ1) is 7.61. The van der Waals surface area contributed by atoms with Gasteiger partial charge in [-0.1, -0.05) is 48.9 Å². The number of aryl methyl sites for hydroxylation is 1. The molecular weight excluding hydrogens is 194 g/mol. The molecule has 0 radical (unpaired) electrons. The Morgan fingerprint density at radius 3 is 2.44 bits per heavy atom. The van der Waals surface area contributed by atoms with E-state index in [1.165, 1.54) is 16.7 Å². The molecule has 88 valence electrons. The summed E-state index contributed by atoms with van der Waals surface area (Å²) in [7, 11) is 2.16. The smallest absolute Gasteiger partial charge is 0.0187 e. The second-order valence-corrected chi connectivity index (χ2v) is 4.58. The topological polar surface area (TPSA) is 3.24 Å². The van der Waals surface area contributed by atoms with Gasteiger partial charge in [-0.15, -0.1) is 0 Å². The van der Waals surface area contributed by atoms with Gasteiger partial charge in [-0.05, 0) is 32.4 Å². The number of rotatable bonds is 6. The van der Waals surface area contributed by atoms with Crippen LogP contribution in [-0.4, -0.2) is 25.0 Å². The van der Waals surface area contributed by atoms with Crippen molar-refractivity contribution in [2.45, 2.75) is 26.7 Å². The fourth-order valence-electron chi connectivity index (χ4n) is 1.65. The van der Waals surface area contributed by atoms with Crippen LogP contribution in [0.5, 0.6) is 0 Å². The maximum Gasteiger partial charge on any atom is 0.0187 e. The number of likely N-dealkylation sites (N-methyl/N-ethyl adjacent to an activating group) is 1. The minimum Gasteiger partial charge on any atom is -0.302 e. The normalized spacial score (nSPS) is 10.8. The van der Waals surface area contributed by atoms with Gasteiger partial charge < -0.3 is 4.90 Å². The Balaban J connectivity index is 2.34. The van der Waals surface area contributed by atoms with Crippen molar-refractivity contribution in [3.63, 3.8) is 0 Å². The van der Waals surface area contributed by atoms with Gasteiger partial charge >= 0.3 is 0 Å². The molecule has 0 saturated carbocycles. The van der Waals surface area contributed by atoms with Crippen molar-refractivity contribution < 1.29 is 0 Å². The van der Waals surface area contributed by atoms with Crippen LogP contribution in [0.1, 0.15) is 24.5 Å². The molecule has 1 heteroatoms. The highest BCUT2D eigenvalue weighted by Crippen LogP contribution is 2.05. The van der Waals surface area contributed by atoms with Gasteiger partial charge in [0, 0.05) is 13.1 Å². The first-order valence-electron chi connectivity index (χ1n) is 6.02. The Kier molecular flexibility index (Phi) is 5.27. The first kappa shape index (κ1) is 13.0. The van der Waals surface area contributed by atoms with Crippen molar-refractivity contribution in [3.8, 4) is 0 Å². The molecule has 0 fully saturated rings.